The number of halogens is 1. The van der Waals surface area contributed by atoms with Crippen LogP contribution in [-0.2, 0) is 6.54 Å². The molecular formula is C17H18FN3O2S2. The van der Waals surface area contributed by atoms with Gasteiger partial charge in [0.05, 0.1) is 5.70 Å². The Morgan fingerprint density at radius 2 is 2.04 bits per heavy atom. The van der Waals surface area contributed by atoms with E-state index in [0.717, 1.165) is 36.1 Å². The summed E-state index contributed by atoms with van der Waals surface area (Å²) in [5.41, 5.74) is -0.153. The summed E-state index contributed by atoms with van der Waals surface area (Å²) in [7, 11) is 0. The number of hydrogen-bond donors (Lipinski definition) is 1. The lowest BCUT2D eigenvalue weighted by Crippen LogP contribution is -2.46. The molecule has 0 atom stereocenters. The van der Waals surface area contributed by atoms with Crippen molar-refractivity contribution in [2.24, 2.45) is 0 Å². The van der Waals surface area contributed by atoms with Gasteiger partial charge in [-0.2, -0.15) is 11.8 Å². The van der Waals surface area contributed by atoms with Crippen molar-refractivity contribution in [2.45, 2.75) is 19.9 Å². The number of pyridine rings is 1. The first-order valence-electron chi connectivity index (χ1n) is 8.29. The van der Waals surface area contributed by atoms with Gasteiger partial charge in [-0.15, -0.1) is 0 Å². The molecule has 0 saturated carbocycles. The third kappa shape index (κ3) is 2.67. The highest BCUT2D eigenvalue weighted by Crippen LogP contribution is 2.22. The van der Waals surface area contributed by atoms with Gasteiger partial charge in [0.25, 0.3) is 5.56 Å². The molecular weight excluding hydrogens is 361 g/mol. The van der Waals surface area contributed by atoms with Crippen molar-refractivity contribution in [3.05, 3.63) is 42.7 Å². The molecule has 2 aromatic rings. The number of aryl methyl sites for hydroxylation is 1. The molecule has 3 heterocycles. The molecule has 0 bridgehead atoms. The smallest absolute Gasteiger partial charge is 0.271 e. The predicted molar refractivity (Wildman–Crippen MR) is 102 cm³/mol. The minimum atomic E-state index is -0.398. The number of nitrogens with one attached hydrogen (secondary N) is 1. The Labute approximate surface area is 151 Å². The molecule has 1 aliphatic carbocycles. The van der Waals surface area contributed by atoms with Crippen LogP contribution in [0.4, 0.5) is 4.39 Å². The van der Waals surface area contributed by atoms with E-state index in [0.29, 0.717) is 28.8 Å². The van der Waals surface area contributed by atoms with Gasteiger partial charge in [-0.25, -0.2) is 4.39 Å². The van der Waals surface area contributed by atoms with E-state index < -0.39 is 5.56 Å². The first-order valence-corrected chi connectivity index (χ1v) is 10.3. The Bertz CT molecular complexity index is 1100. The maximum Gasteiger partial charge on any atom is 0.271 e. The van der Waals surface area contributed by atoms with Gasteiger partial charge in [0.2, 0.25) is 5.43 Å². The summed E-state index contributed by atoms with van der Waals surface area (Å²) in [6.45, 7) is 4.20. The van der Waals surface area contributed by atoms with Gasteiger partial charge in [0.1, 0.15) is 16.0 Å². The molecule has 0 spiro atoms. The van der Waals surface area contributed by atoms with Crippen LogP contribution >= 0.6 is 23.3 Å². The number of aromatic amines is 1. The largest absolute Gasteiger partial charge is 0.371 e. The van der Waals surface area contributed by atoms with Crippen molar-refractivity contribution in [3.8, 4) is 0 Å². The van der Waals surface area contributed by atoms with Crippen LogP contribution in [-0.4, -0.2) is 38.4 Å². The first-order chi connectivity index (χ1) is 12.1. The summed E-state index contributed by atoms with van der Waals surface area (Å²) >= 11 is 3.03. The summed E-state index contributed by atoms with van der Waals surface area (Å²) in [5, 5.41) is 1.10. The van der Waals surface area contributed by atoms with Crippen LogP contribution in [0.5, 0.6) is 0 Å². The molecule has 1 N–H and O–H groups in total. The molecule has 2 aromatic heterocycles. The highest BCUT2D eigenvalue weighted by Gasteiger charge is 2.20. The number of thioether (sulfide) groups is 1. The van der Waals surface area contributed by atoms with Crippen molar-refractivity contribution < 1.29 is 4.39 Å². The molecule has 0 amide bonds. The topological polar surface area (TPSA) is 58.1 Å². The number of nitrogens with zero attached hydrogens (tertiary/aromatic N) is 2. The average Bonchev–Trinajstić information content (AvgIpc) is 2.91. The number of hydrogen-bond acceptors (Lipinski definition) is 5. The highest BCUT2D eigenvalue weighted by molar-refractivity contribution is 7.99. The molecule has 0 radical (unpaired) electrons. The van der Waals surface area contributed by atoms with Gasteiger partial charge in [-0.3, -0.25) is 14.0 Å². The molecule has 5 nitrogen and oxygen atoms in total. The standard InChI is InChI=1S/C17H18FN3O2S2/c1-2-21-12-3-4-13(20-5-7-24-8-6-20)11(18)9-10(12)15(22)14-16(23)19-25-17(14)21/h3,9H,2,4-8H2,1H3,(H,19,23). The zero-order valence-electron chi connectivity index (χ0n) is 13.8. The van der Waals surface area contributed by atoms with Gasteiger partial charge in [0, 0.05) is 48.1 Å². The Hall–Kier alpha value is -1.80. The van der Waals surface area contributed by atoms with Crippen LogP contribution in [0.2, 0.25) is 0 Å². The average molecular weight is 379 g/mol. The number of fused-ring (bicyclic) bond motifs is 2. The number of H-pyrrole nitrogens is 1. The second-order valence-electron chi connectivity index (χ2n) is 6.03. The Balaban J connectivity index is 2.01. The van der Waals surface area contributed by atoms with Crippen molar-refractivity contribution in [3.63, 3.8) is 0 Å². The second-order valence-corrected chi connectivity index (χ2v) is 8.05. The fourth-order valence-corrected chi connectivity index (χ4v) is 5.30. The lowest BCUT2D eigenvalue weighted by molar-refractivity contribution is 0.362. The van der Waals surface area contributed by atoms with Crippen LogP contribution in [0.3, 0.4) is 0 Å². The van der Waals surface area contributed by atoms with E-state index in [4.69, 9.17) is 0 Å². The van der Waals surface area contributed by atoms with Crippen molar-refractivity contribution in [1.29, 1.82) is 0 Å². The van der Waals surface area contributed by atoms with Crippen molar-refractivity contribution >= 4 is 45.7 Å². The molecule has 1 fully saturated rings. The Morgan fingerprint density at radius 1 is 1.28 bits per heavy atom. The van der Waals surface area contributed by atoms with Gasteiger partial charge >= 0.3 is 0 Å². The van der Waals surface area contributed by atoms with Gasteiger partial charge in [-0.1, -0.05) is 6.08 Å². The summed E-state index contributed by atoms with van der Waals surface area (Å²) in [5.74, 6) is 1.60. The van der Waals surface area contributed by atoms with E-state index in [9.17, 15) is 14.0 Å². The fourth-order valence-electron chi connectivity index (χ4n) is 3.48. The maximum atomic E-state index is 14.9. The molecule has 0 aromatic carbocycles. The molecule has 4 rings (SSSR count). The minimum absolute atomic E-state index is 0.126. The quantitative estimate of drug-likeness (QED) is 0.845. The minimum Gasteiger partial charge on any atom is -0.371 e. The highest BCUT2D eigenvalue weighted by atomic mass is 32.2. The third-order valence-electron chi connectivity index (χ3n) is 4.71. The van der Waals surface area contributed by atoms with Crippen molar-refractivity contribution in [2.75, 3.05) is 24.6 Å². The molecule has 1 saturated heterocycles. The Kier molecular flexibility index (Phi) is 4.33. The van der Waals surface area contributed by atoms with E-state index >= 15 is 0 Å². The van der Waals surface area contributed by atoms with Gasteiger partial charge in [-0.05, 0) is 24.5 Å². The predicted octanol–water partition coefficient (Wildman–Crippen LogP) is 0.966. The van der Waals surface area contributed by atoms with E-state index in [1.54, 1.807) is 0 Å². The molecule has 25 heavy (non-hydrogen) atoms. The van der Waals surface area contributed by atoms with Crippen molar-refractivity contribution in [1.82, 2.24) is 13.8 Å². The fraction of sp³-hybridized carbons (Fsp3) is 0.412. The van der Waals surface area contributed by atoms with E-state index in [-0.39, 0.29) is 21.9 Å². The molecule has 132 valence electrons. The third-order valence-corrected chi connectivity index (χ3v) is 6.56. The second kappa shape index (κ2) is 6.49. The monoisotopic (exact) mass is 379 g/mol. The van der Waals surface area contributed by atoms with Gasteiger partial charge in [0.15, 0.2) is 0 Å². The molecule has 2 aliphatic rings. The zero-order chi connectivity index (χ0) is 17.6. The lowest BCUT2D eigenvalue weighted by Gasteiger charge is -2.30. The van der Waals surface area contributed by atoms with E-state index in [1.807, 2.05) is 29.3 Å². The molecule has 8 heteroatoms. The number of aromatic nitrogens is 2. The van der Waals surface area contributed by atoms with Crippen LogP contribution < -0.4 is 21.6 Å². The van der Waals surface area contributed by atoms with Gasteiger partial charge < -0.3 is 9.47 Å². The molecule has 0 unspecified atom stereocenters. The van der Waals surface area contributed by atoms with E-state index in [2.05, 4.69) is 9.27 Å². The number of rotatable bonds is 2. The van der Waals surface area contributed by atoms with E-state index in [1.165, 1.54) is 6.08 Å². The zero-order valence-corrected chi connectivity index (χ0v) is 15.4. The summed E-state index contributed by atoms with van der Waals surface area (Å²) in [6.07, 6.45) is 3.69. The molecule has 1 aliphatic heterocycles. The normalized spacial score (nSPS) is 17.9. The summed E-state index contributed by atoms with van der Waals surface area (Å²) < 4.78 is 19.5. The first kappa shape index (κ1) is 16.7. The van der Waals surface area contributed by atoms with Crippen LogP contribution in [0.25, 0.3) is 22.4 Å². The van der Waals surface area contributed by atoms with Crippen LogP contribution in [0.1, 0.15) is 13.3 Å². The Morgan fingerprint density at radius 3 is 2.76 bits per heavy atom. The summed E-state index contributed by atoms with van der Waals surface area (Å²) in [4.78, 5) is 27.5. The summed E-state index contributed by atoms with van der Waals surface area (Å²) in [6, 6.07) is 0. The van der Waals surface area contributed by atoms with Crippen LogP contribution in [0.15, 0.2) is 21.1 Å². The lowest BCUT2D eigenvalue weighted by atomic mass is 10.2. The maximum absolute atomic E-state index is 14.9. The SMILES string of the molecule is CCn1c2c(c(=O)c3c(=O)[nH]sc31)=CC(F)=C(N1CCSCC1)CC=2. The van der Waals surface area contributed by atoms with Crippen LogP contribution in [0, 0.1) is 0 Å². The number of allylic oxidation sites excluding steroid dienone is 2.